The van der Waals surface area contributed by atoms with Crippen molar-refractivity contribution >= 4 is 15.7 Å². The Morgan fingerprint density at radius 3 is 2.78 bits per heavy atom. The highest BCUT2D eigenvalue weighted by Gasteiger charge is 2.30. The Balaban J connectivity index is 2.02. The monoisotopic (exact) mass is 355 g/mol. The van der Waals surface area contributed by atoms with E-state index in [0.717, 1.165) is 18.7 Å². The number of aromatic nitrogens is 1. The second-order valence-electron chi connectivity index (χ2n) is 5.05. The van der Waals surface area contributed by atoms with Crippen LogP contribution in [-0.4, -0.2) is 45.9 Å². The molecular formula is C12H16F3N3O4S. The van der Waals surface area contributed by atoms with E-state index < -0.39 is 27.6 Å². The number of nitrogens with two attached hydrogens (primary N) is 1. The number of ether oxygens (including phenoxy) is 2. The van der Waals surface area contributed by atoms with Gasteiger partial charge in [0, 0.05) is 12.5 Å². The molecule has 3 N–H and O–H groups in total. The van der Waals surface area contributed by atoms with Gasteiger partial charge < -0.3 is 15.2 Å². The van der Waals surface area contributed by atoms with Crippen LogP contribution in [0.15, 0.2) is 17.2 Å². The van der Waals surface area contributed by atoms with Crippen molar-refractivity contribution in [2.45, 2.75) is 17.5 Å². The van der Waals surface area contributed by atoms with Crippen LogP contribution in [0.25, 0.3) is 0 Å². The van der Waals surface area contributed by atoms with Crippen molar-refractivity contribution in [2.24, 2.45) is 5.92 Å². The summed E-state index contributed by atoms with van der Waals surface area (Å²) in [7, 11) is -4.35. The smallest absolute Gasteiger partial charge is 0.402 e. The van der Waals surface area contributed by atoms with Crippen LogP contribution in [0.3, 0.4) is 0 Å². The van der Waals surface area contributed by atoms with Crippen molar-refractivity contribution in [3.63, 3.8) is 0 Å². The molecule has 1 saturated heterocycles. The maximum Gasteiger partial charge on any atom is 0.402 e. The number of sulfonamides is 1. The molecule has 23 heavy (non-hydrogen) atoms. The van der Waals surface area contributed by atoms with Gasteiger partial charge in [0.15, 0.2) is 0 Å². The predicted molar refractivity (Wildman–Crippen MR) is 74.3 cm³/mol. The van der Waals surface area contributed by atoms with Crippen LogP contribution < -0.4 is 15.2 Å². The molecule has 1 aromatic heterocycles. The van der Waals surface area contributed by atoms with E-state index in [4.69, 9.17) is 15.2 Å². The molecule has 0 aliphatic carbocycles. The van der Waals surface area contributed by atoms with E-state index in [1.165, 1.54) is 4.72 Å². The third-order valence-corrected chi connectivity index (χ3v) is 4.47. The van der Waals surface area contributed by atoms with Gasteiger partial charge in [0.1, 0.15) is 11.4 Å². The van der Waals surface area contributed by atoms with E-state index in [1.807, 2.05) is 0 Å². The second-order valence-corrected chi connectivity index (χ2v) is 6.81. The Kier molecular flexibility index (Phi) is 5.32. The second kappa shape index (κ2) is 6.89. The molecule has 1 aliphatic heterocycles. The number of alkyl halides is 3. The number of halogens is 3. The number of hydrogen-bond acceptors (Lipinski definition) is 6. The Morgan fingerprint density at radius 1 is 1.48 bits per heavy atom. The molecular weight excluding hydrogens is 339 g/mol. The van der Waals surface area contributed by atoms with Crippen molar-refractivity contribution in [1.82, 2.24) is 9.71 Å². The van der Waals surface area contributed by atoms with Crippen LogP contribution in [0, 0.1) is 5.92 Å². The molecule has 1 unspecified atom stereocenters. The molecule has 1 aliphatic rings. The number of rotatable bonds is 6. The first-order valence-corrected chi connectivity index (χ1v) is 8.18. The summed E-state index contributed by atoms with van der Waals surface area (Å²) < 4.78 is 71.8. The average molecular weight is 355 g/mol. The molecule has 7 nitrogen and oxygen atoms in total. The van der Waals surface area contributed by atoms with Crippen LogP contribution in [-0.2, 0) is 14.8 Å². The Hall–Kier alpha value is -1.59. The summed E-state index contributed by atoms with van der Waals surface area (Å²) in [6.07, 6.45) is -2.91. The number of pyridine rings is 1. The van der Waals surface area contributed by atoms with Crippen molar-refractivity contribution in [2.75, 3.05) is 32.1 Å². The fourth-order valence-corrected chi connectivity index (χ4v) is 2.88. The summed E-state index contributed by atoms with van der Waals surface area (Å²) in [6, 6.07) is 1.01. The van der Waals surface area contributed by atoms with Gasteiger partial charge in [0.25, 0.3) is 0 Å². The molecule has 1 aromatic rings. The van der Waals surface area contributed by atoms with Crippen LogP contribution in [0.2, 0.25) is 0 Å². The number of nitrogens with zero attached hydrogens (tertiary/aromatic N) is 1. The summed E-state index contributed by atoms with van der Waals surface area (Å²) >= 11 is 0. The van der Waals surface area contributed by atoms with Crippen molar-refractivity contribution in [1.29, 1.82) is 0 Å². The van der Waals surface area contributed by atoms with E-state index >= 15 is 0 Å². The van der Waals surface area contributed by atoms with Crippen LogP contribution >= 0.6 is 0 Å². The molecule has 2 rings (SSSR count). The third kappa shape index (κ3) is 5.22. The lowest BCUT2D eigenvalue weighted by Gasteiger charge is -2.13. The first kappa shape index (κ1) is 17.8. The lowest BCUT2D eigenvalue weighted by atomic mass is 10.1. The van der Waals surface area contributed by atoms with Gasteiger partial charge in [-0.25, -0.2) is 18.1 Å². The van der Waals surface area contributed by atoms with Crippen molar-refractivity contribution < 1.29 is 31.1 Å². The minimum absolute atomic E-state index is 0.0340. The molecule has 0 saturated carbocycles. The lowest BCUT2D eigenvalue weighted by molar-refractivity contribution is -0.121. The largest absolute Gasteiger partial charge is 0.476 e. The van der Waals surface area contributed by atoms with Crippen LogP contribution in [0.5, 0.6) is 5.88 Å². The highest BCUT2D eigenvalue weighted by molar-refractivity contribution is 7.89. The molecule has 130 valence electrons. The van der Waals surface area contributed by atoms with Gasteiger partial charge in [-0.1, -0.05) is 0 Å². The molecule has 1 atom stereocenters. The van der Waals surface area contributed by atoms with Crippen LogP contribution in [0.1, 0.15) is 6.42 Å². The molecule has 0 radical (unpaired) electrons. The van der Waals surface area contributed by atoms with Gasteiger partial charge in [-0.05, 0) is 12.5 Å². The van der Waals surface area contributed by atoms with Gasteiger partial charge in [0.2, 0.25) is 15.9 Å². The maximum absolute atomic E-state index is 12.1. The topological polar surface area (TPSA) is 104 Å². The van der Waals surface area contributed by atoms with E-state index in [0.29, 0.717) is 19.8 Å². The van der Waals surface area contributed by atoms with Crippen LogP contribution in [0.4, 0.5) is 18.9 Å². The van der Waals surface area contributed by atoms with E-state index in [9.17, 15) is 21.6 Å². The quantitative estimate of drug-likeness (QED) is 0.786. The van der Waals surface area contributed by atoms with Gasteiger partial charge in [-0.3, -0.25) is 0 Å². The molecule has 0 bridgehead atoms. The van der Waals surface area contributed by atoms with Crippen molar-refractivity contribution in [3.05, 3.63) is 12.3 Å². The Bertz CT molecular complexity index is 645. The highest BCUT2D eigenvalue weighted by atomic mass is 32.2. The molecule has 0 spiro atoms. The summed E-state index contributed by atoms with van der Waals surface area (Å²) in [4.78, 5) is 3.30. The standard InChI is InChI=1S/C12H16F3N3O4S/c13-12(14,15)7-18-23(19,20)9-3-10(16)11(17-4-9)22-6-8-1-2-21-5-8/h3-4,8,18H,1-2,5-7,16H2. The molecule has 2 heterocycles. The molecule has 1 fully saturated rings. The molecule has 0 amide bonds. The molecule has 11 heteroatoms. The SMILES string of the molecule is Nc1cc(S(=O)(=O)NCC(F)(F)F)cnc1OCC1CCOC1. The minimum atomic E-state index is -4.65. The highest BCUT2D eigenvalue weighted by Crippen LogP contribution is 2.23. The van der Waals surface area contributed by atoms with Gasteiger partial charge in [0.05, 0.1) is 25.1 Å². The van der Waals surface area contributed by atoms with E-state index in [1.54, 1.807) is 0 Å². The zero-order chi connectivity index (χ0) is 17.1. The first-order valence-electron chi connectivity index (χ1n) is 6.70. The molecule has 0 aromatic carbocycles. The fraction of sp³-hybridized carbons (Fsp3) is 0.583. The number of nitrogen functional groups attached to an aromatic ring is 1. The van der Waals surface area contributed by atoms with Gasteiger partial charge >= 0.3 is 6.18 Å². The van der Waals surface area contributed by atoms with Gasteiger partial charge in [-0.2, -0.15) is 13.2 Å². The number of hydrogen-bond donors (Lipinski definition) is 2. The summed E-state index contributed by atoms with van der Waals surface area (Å²) in [5.41, 5.74) is 5.58. The zero-order valence-electron chi connectivity index (χ0n) is 12.0. The van der Waals surface area contributed by atoms with E-state index in [2.05, 4.69) is 4.98 Å². The van der Waals surface area contributed by atoms with Gasteiger partial charge in [-0.15, -0.1) is 0 Å². The summed E-state index contributed by atoms with van der Waals surface area (Å²) in [6.45, 7) is -0.141. The average Bonchev–Trinajstić information content (AvgIpc) is 2.96. The fourth-order valence-electron chi connectivity index (χ4n) is 1.89. The number of nitrogens with one attached hydrogen (secondary N) is 1. The van der Waals surface area contributed by atoms with E-state index in [-0.39, 0.29) is 17.5 Å². The lowest BCUT2D eigenvalue weighted by Crippen LogP contribution is -2.33. The normalized spacial score (nSPS) is 19.0. The Morgan fingerprint density at radius 2 is 2.22 bits per heavy atom. The third-order valence-electron chi connectivity index (χ3n) is 3.11. The number of anilines is 1. The predicted octanol–water partition coefficient (Wildman–Crippen LogP) is 0.920. The summed E-state index contributed by atoms with van der Waals surface area (Å²) in [5, 5.41) is 0. The maximum atomic E-state index is 12.1. The van der Waals surface area contributed by atoms with Crippen molar-refractivity contribution in [3.8, 4) is 5.88 Å². The first-order chi connectivity index (χ1) is 10.7. The summed E-state index contributed by atoms with van der Waals surface area (Å²) in [5.74, 6) is 0.236. The minimum Gasteiger partial charge on any atom is -0.476 e. The Labute approximate surface area is 131 Å². The zero-order valence-corrected chi connectivity index (χ0v) is 12.8.